The first kappa shape index (κ1) is 12.2. The Bertz CT molecular complexity index is 385. The molecule has 4 heteroatoms. The van der Waals surface area contributed by atoms with Crippen LogP contribution in [0.3, 0.4) is 0 Å². The zero-order valence-corrected chi connectivity index (χ0v) is 9.29. The Kier molecular flexibility index (Phi) is 4.51. The van der Waals surface area contributed by atoms with Crippen LogP contribution < -0.4 is 5.32 Å². The number of methoxy groups -OCH3 is 1. The standard InChI is InChI=1S/C12H14FNO2/c1-3-10(8-12(15)16-2)14-11-6-4-9(13)5-7-11/h4-8,14H,3H2,1-2H3/b10-8-. The van der Waals surface area contributed by atoms with Gasteiger partial charge in [0.2, 0.25) is 0 Å². The van der Waals surface area contributed by atoms with Gasteiger partial charge in [-0.05, 0) is 30.7 Å². The molecule has 86 valence electrons. The molecule has 1 rings (SSSR count). The van der Waals surface area contributed by atoms with Crippen molar-refractivity contribution >= 4 is 11.7 Å². The van der Waals surface area contributed by atoms with Gasteiger partial charge in [0.05, 0.1) is 7.11 Å². The Labute approximate surface area is 93.9 Å². The van der Waals surface area contributed by atoms with E-state index in [1.807, 2.05) is 6.92 Å². The van der Waals surface area contributed by atoms with Gasteiger partial charge in [0, 0.05) is 17.5 Å². The Hall–Kier alpha value is -1.84. The molecule has 0 saturated carbocycles. The predicted molar refractivity (Wildman–Crippen MR) is 60.4 cm³/mol. The summed E-state index contributed by atoms with van der Waals surface area (Å²) in [5.41, 5.74) is 1.46. The fourth-order valence-electron chi connectivity index (χ4n) is 1.15. The van der Waals surface area contributed by atoms with Gasteiger partial charge in [0.25, 0.3) is 0 Å². The average molecular weight is 223 g/mol. The number of nitrogens with one attached hydrogen (secondary N) is 1. The van der Waals surface area contributed by atoms with Crippen molar-refractivity contribution in [2.75, 3.05) is 12.4 Å². The van der Waals surface area contributed by atoms with Crippen molar-refractivity contribution in [1.82, 2.24) is 0 Å². The molecule has 1 aromatic rings. The number of hydrogen-bond donors (Lipinski definition) is 1. The number of rotatable bonds is 4. The molecule has 0 unspecified atom stereocenters. The van der Waals surface area contributed by atoms with Crippen LogP contribution in [0.5, 0.6) is 0 Å². The highest BCUT2D eigenvalue weighted by Crippen LogP contribution is 2.12. The molecule has 0 aliphatic carbocycles. The van der Waals surface area contributed by atoms with Crippen LogP contribution in [0.4, 0.5) is 10.1 Å². The SMILES string of the molecule is CC/C(=C/C(=O)OC)Nc1ccc(F)cc1. The summed E-state index contributed by atoms with van der Waals surface area (Å²) < 4.78 is 17.2. The van der Waals surface area contributed by atoms with E-state index in [1.54, 1.807) is 12.1 Å². The van der Waals surface area contributed by atoms with Crippen LogP contribution >= 0.6 is 0 Å². The van der Waals surface area contributed by atoms with Crippen molar-refractivity contribution in [1.29, 1.82) is 0 Å². The smallest absolute Gasteiger partial charge is 0.332 e. The third kappa shape index (κ3) is 3.73. The van der Waals surface area contributed by atoms with Crippen LogP contribution in [0.1, 0.15) is 13.3 Å². The lowest BCUT2D eigenvalue weighted by Crippen LogP contribution is -2.03. The van der Waals surface area contributed by atoms with Crippen LogP contribution in [-0.4, -0.2) is 13.1 Å². The van der Waals surface area contributed by atoms with E-state index in [1.165, 1.54) is 25.3 Å². The van der Waals surface area contributed by atoms with Crippen LogP contribution in [0.15, 0.2) is 36.0 Å². The van der Waals surface area contributed by atoms with Crippen molar-refractivity contribution in [2.24, 2.45) is 0 Å². The van der Waals surface area contributed by atoms with E-state index in [2.05, 4.69) is 10.1 Å². The lowest BCUT2D eigenvalue weighted by Gasteiger charge is -2.08. The Balaban J connectivity index is 2.74. The minimum absolute atomic E-state index is 0.291. The Morgan fingerprint density at radius 2 is 2.06 bits per heavy atom. The zero-order chi connectivity index (χ0) is 12.0. The maximum Gasteiger partial charge on any atom is 0.332 e. The maximum absolute atomic E-state index is 12.7. The number of benzene rings is 1. The monoisotopic (exact) mass is 223 g/mol. The molecule has 0 spiro atoms. The molecule has 0 fully saturated rings. The van der Waals surface area contributed by atoms with E-state index in [-0.39, 0.29) is 5.82 Å². The molecule has 0 atom stereocenters. The van der Waals surface area contributed by atoms with Gasteiger partial charge in [-0.25, -0.2) is 9.18 Å². The van der Waals surface area contributed by atoms with Crippen molar-refractivity contribution in [3.8, 4) is 0 Å². The van der Waals surface area contributed by atoms with Crippen molar-refractivity contribution in [3.63, 3.8) is 0 Å². The highest BCUT2D eigenvalue weighted by molar-refractivity contribution is 5.83. The Morgan fingerprint density at radius 3 is 2.56 bits per heavy atom. The highest BCUT2D eigenvalue weighted by atomic mass is 19.1. The van der Waals surface area contributed by atoms with Crippen molar-refractivity contribution < 1.29 is 13.9 Å². The third-order valence-corrected chi connectivity index (χ3v) is 2.02. The van der Waals surface area contributed by atoms with Crippen LogP contribution in [0.2, 0.25) is 0 Å². The molecule has 0 aliphatic heterocycles. The number of allylic oxidation sites excluding steroid dienone is 1. The normalized spacial score (nSPS) is 11.1. The first-order valence-electron chi connectivity index (χ1n) is 4.96. The molecule has 1 N–H and O–H groups in total. The first-order chi connectivity index (χ1) is 7.65. The number of carbonyl (C=O) groups excluding carboxylic acids is 1. The number of ether oxygens (including phenoxy) is 1. The number of hydrogen-bond acceptors (Lipinski definition) is 3. The number of esters is 1. The molecule has 0 heterocycles. The summed E-state index contributed by atoms with van der Waals surface area (Å²) in [5, 5.41) is 3.01. The van der Waals surface area contributed by atoms with Gasteiger partial charge in [-0.3, -0.25) is 0 Å². The second-order valence-electron chi connectivity index (χ2n) is 3.18. The van der Waals surface area contributed by atoms with Crippen molar-refractivity contribution in [2.45, 2.75) is 13.3 Å². The molecule has 0 aromatic heterocycles. The molecular formula is C12H14FNO2. The van der Waals surface area contributed by atoms with Crippen molar-refractivity contribution in [3.05, 3.63) is 41.9 Å². The predicted octanol–water partition coefficient (Wildman–Crippen LogP) is 2.70. The molecule has 3 nitrogen and oxygen atoms in total. The summed E-state index contributed by atoms with van der Waals surface area (Å²) in [5.74, 6) is -0.702. The second kappa shape index (κ2) is 5.90. The van der Waals surface area contributed by atoms with E-state index in [0.29, 0.717) is 6.42 Å². The fraction of sp³-hybridized carbons (Fsp3) is 0.250. The lowest BCUT2D eigenvalue weighted by molar-refractivity contribution is -0.134. The highest BCUT2D eigenvalue weighted by Gasteiger charge is 2.00. The average Bonchev–Trinajstić information content (AvgIpc) is 2.30. The summed E-state index contributed by atoms with van der Waals surface area (Å²) in [7, 11) is 1.32. The van der Waals surface area contributed by atoms with E-state index < -0.39 is 5.97 Å². The van der Waals surface area contributed by atoms with Gasteiger partial charge < -0.3 is 10.1 Å². The summed E-state index contributed by atoms with van der Waals surface area (Å²) in [6.45, 7) is 1.91. The van der Waals surface area contributed by atoms with Crippen LogP contribution in [0, 0.1) is 5.82 Å². The summed E-state index contributed by atoms with van der Waals surface area (Å²) in [6, 6.07) is 5.92. The zero-order valence-electron chi connectivity index (χ0n) is 9.29. The summed E-state index contributed by atoms with van der Waals surface area (Å²) in [6.07, 6.45) is 2.04. The van der Waals surface area contributed by atoms with Gasteiger partial charge in [-0.2, -0.15) is 0 Å². The van der Waals surface area contributed by atoms with Crippen LogP contribution in [-0.2, 0) is 9.53 Å². The maximum atomic E-state index is 12.7. The molecule has 0 amide bonds. The Morgan fingerprint density at radius 1 is 1.44 bits per heavy atom. The first-order valence-corrected chi connectivity index (χ1v) is 4.96. The van der Waals surface area contributed by atoms with Gasteiger partial charge in [0.15, 0.2) is 0 Å². The third-order valence-electron chi connectivity index (χ3n) is 2.02. The molecule has 1 aromatic carbocycles. The van der Waals surface area contributed by atoms with Gasteiger partial charge in [-0.15, -0.1) is 0 Å². The summed E-state index contributed by atoms with van der Waals surface area (Å²) in [4.78, 5) is 11.0. The quantitative estimate of drug-likeness (QED) is 0.630. The molecule has 0 radical (unpaired) electrons. The van der Waals surface area contributed by atoms with Gasteiger partial charge in [0.1, 0.15) is 5.82 Å². The molecule has 0 aliphatic rings. The van der Waals surface area contributed by atoms with Crippen LogP contribution in [0.25, 0.3) is 0 Å². The van der Waals surface area contributed by atoms with E-state index in [9.17, 15) is 9.18 Å². The van der Waals surface area contributed by atoms with Gasteiger partial charge >= 0.3 is 5.97 Å². The number of anilines is 1. The number of carbonyl (C=O) groups is 1. The minimum atomic E-state index is -0.411. The van der Waals surface area contributed by atoms with E-state index >= 15 is 0 Å². The topological polar surface area (TPSA) is 38.3 Å². The molecule has 0 saturated heterocycles. The molecule has 0 bridgehead atoms. The largest absolute Gasteiger partial charge is 0.466 e. The number of halogens is 1. The van der Waals surface area contributed by atoms with E-state index in [4.69, 9.17) is 0 Å². The summed E-state index contributed by atoms with van der Waals surface area (Å²) >= 11 is 0. The van der Waals surface area contributed by atoms with Gasteiger partial charge in [-0.1, -0.05) is 6.92 Å². The minimum Gasteiger partial charge on any atom is -0.466 e. The lowest BCUT2D eigenvalue weighted by atomic mass is 10.2. The van der Waals surface area contributed by atoms with E-state index in [0.717, 1.165) is 11.4 Å². The second-order valence-corrected chi connectivity index (χ2v) is 3.18. The molecule has 16 heavy (non-hydrogen) atoms. The fourth-order valence-corrected chi connectivity index (χ4v) is 1.15. The molecular weight excluding hydrogens is 209 g/mol.